The third kappa shape index (κ3) is 2.63. The van der Waals surface area contributed by atoms with Crippen molar-refractivity contribution in [3.8, 4) is 0 Å². The predicted molar refractivity (Wildman–Crippen MR) is 75.0 cm³/mol. The van der Waals surface area contributed by atoms with Gasteiger partial charge in [-0.3, -0.25) is 4.79 Å². The molecule has 2 aromatic carbocycles. The summed E-state index contributed by atoms with van der Waals surface area (Å²) in [5.74, 6) is -0.167. The number of halogens is 1. The largest absolute Gasteiger partial charge is 0.398 e. The molecule has 0 heterocycles. The van der Waals surface area contributed by atoms with Gasteiger partial charge in [0.25, 0.3) is 5.91 Å². The predicted octanol–water partition coefficient (Wildman–Crippen LogP) is 3.48. The molecule has 0 atom stereocenters. The summed E-state index contributed by atoms with van der Waals surface area (Å²) >= 11 is 5.94. The zero-order chi connectivity index (χ0) is 13.1. The lowest BCUT2D eigenvalue weighted by Gasteiger charge is -2.10. The van der Waals surface area contributed by atoms with Crippen molar-refractivity contribution in [2.75, 3.05) is 11.1 Å². The molecule has 3 nitrogen and oxygen atoms in total. The Morgan fingerprint density at radius 1 is 1.22 bits per heavy atom. The second kappa shape index (κ2) is 5.10. The summed E-state index contributed by atoms with van der Waals surface area (Å²) in [6, 6.07) is 12.4. The highest BCUT2D eigenvalue weighted by molar-refractivity contribution is 6.33. The number of nitrogens with one attached hydrogen (secondary N) is 1. The normalized spacial score (nSPS) is 10.1. The molecule has 0 aliphatic rings. The highest BCUT2D eigenvalue weighted by Gasteiger charge is 2.09. The lowest BCUT2D eigenvalue weighted by atomic mass is 10.1. The van der Waals surface area contributed by atoms with E-state index >= 15 is 0 Å². The summed E-state index contributed by atoms with van der Waals surface area (Å²) in [6.45, 7) is 1.87. The Labute approximate surface area is 111 Å². The van der Waals surface area contributed by atoms with Crippen LogP contribution in [-0.4, -0.2) is 5.91 Å². The van der Waals surface area contributed by atoms with Crippen molar-refractivity contribution in [3.05, 3.63) is 58.6 Å². The molecular weight excluding hydrogens is 248 g/mol. The van der Waals surface area contributed by atoms with Crippen LogP contribution in [0, 0.1) is 6.92 Å². The van der Waals surface area contributed by atoms with Gasteiger partial charge in [-0.25, -0.2) is 0 Å². The number of aryl methyl sites for hydroxylation is 1. The van der Waals surface area contributed by atoms with Gasteiger partial charge in [0.2, 0.25) is 0 Å². The number of benzene rings is 2. The van der Waals surface area contributed by atoms with E-state index in [0.29, 0.717) is 22.0 Å². The number of amides is 1. The van der Waals surface area contributed by atoms with Crippen LogP contribution >= 0.6 is 11.6 Å². The lowest BCUT2D eigenvalue weighted by molar-refractivity contribution is 0.102. The van der Waals surface area contributed by atoms with Crippen LogP contribution in [0.1, 0.15) is 15.9 Å². The second-order valence-electron chi connectivity index (χ2n) is 4.01. The average molecular weight is 261 g/mol. The van der Waals surface area contributed by atoms with Crippen molar-refractivity contribution in [2.24, 2.45) is 0 Å². The van der Waals surface area contributed by atoms with Gasteiger partial charge in [-0.05, 0) is 36.8 Å². The van der Waals surface area contributed by atoms with E-state index in [-0.39, 0.29) is 5.91 Å². The van der Waals surface area contributed by atoms with Crippen LogP contribution in [0.5, 0.6) is 0 Å². The monoisotopic (exact) mass is 260 g/mol. The summed E-state index contributed by atoms with van der Waals surface area (Å²) in [7, 11) is 0. The molecule has 1 amide bonds. The maximum Gasteiger partial charge on any atom is 0.255 e. The maximum atomic E-state index is 12.0. The van der Waals surface area contributed by atoms with Crippen LogP contribution in [0.25, 0.3) is 0 Å². The highest BCUT2D eigenvalue weighted by Crippen LogP contribution is 2.26. The van der Waals surface area contributed by atoms with Crippen LogP contribution in [0.4, 0.5) is 11.4 Å². The summed E-state index contributed by atoms with van der Waals surface area (Å²) in [6.07, 6.45) is 0. The SMILES string of the molecule is Cc1cc(N)c(Cl)cc1NC(=O)c1ccccc1. The van der Waals surface area contributed by atoms with E-state index in [1.54, 1.807) is 24.3 Å². The Kier molecular flexibility index (Phi) is 3.53. The van der Waals surface area contributed by atoms with Crippen molar-refractivity contribution >= 4 is 28.9 Å². The molecule has 0 bridgehead atoms. The van der Waals surface area contributed by atoms with Gasteiger partial charge < -0.3 is 11.1 Å². The molecule has 0 unspecified atom stereocenters. The van der Waals surface area contributed by atoms with Crippen molar-refractivity contribution in [1.29, 1.82) is 0 Å². The average Bonchev–Trinajstić information content (AvgIpc) is 2.37. The molecule has 0 radical (unpaired) electrons. The van der Waals surface area contributed by atoms with E-state index in [9.17, 15) is 4.79 Å². The standard InChI is InChI=1S/C14H13ClN2O/c1-9-7-12(16)11(15)8-13(9)17-14(18)10-5-3-2-4-6-10/h2-8H,16H2,1H3,(H,17,18). The second-order valence-corrected chi connectivity index (χ2v) is 4.42. The Morgan fingerprint density at radius 2 is 1.89 bits per heavy atom. The fourth-order valence-corrected chi connectivity index (χ4v) is 1.79. The molecular formula is C14H13ClN2O. The van der Waals surface area contributed by atoms with E-state index in [1.165, 1.54) is 0 Å². The molecule has 0 saturated carbocycles. The van der Waals surface area contributed by atoms with Crippen molar-refractivity contribution in [1.82, 2.24) is 0 Å². The van der Waals surface area contributed by atoms with E-state index in [4.69, 9.17) is 17.3 Å². The number of hydrogen-bond donors (Lipinski definition) is 2. The summed E-state index contributed by atoms with van der Waals surface area (Å²) < 4.78 is 0. The summed E-state index contributed by atoms with van der Waals surface area (Å²) in [4.78, 5) is 12.0. The van der Waals surface area contributed by atoms with Crippen LogP contribution in [-0.2, 0) is 0 Å². The maximum absolute atomic E-state index is 12.0. The van der Waals surface area contributed by atoms with Gasteiger partial charge in [-0.2, -0.15) is 0 Å². The molecule has 0 saturated heterocycles. The molecule has 3 N–H and O–H groups in total. The number of hydrogen-bond acceptors (Lipinski definition) is 2. The minimum atomic E-state index is -0.167. The Hall–Kier alpha value is -2.00. The first-order valence-electron chi connectivity index (χ1n) is 5.50. The van der Waals surface area contributed by atoms with Gasteiger partial charge in [-0.1, -0.05) is 29.8 Å². The summed E-state index contributed by atoms with van der Waals surface area (Å²) in [5, 5.41) is 3.25. The molecule has 0 aromatic heterocycles. The van der Waals surface area contributed by atoms with Crippen molar-refractivity contribution < 1.29 is 4.79 Å². The molecule has 92 valence electrons. The van der Waals surface area contributed by atoms with E-state index in [1.807, 2.05) is 25.1 Å². The molecule has 4 heteroatoms. The first kappa shape index (κ1) is 12.5. The first-order chi connectivity index (χ1) is 8.58. The van der Waals surface area contributed by atoms with E-state index < -0.39 is 0 Å². The number of rotatable bonds is 2. The Bertz CT molecular complexity index is 582. The quantitative estimate of drug-likeness (QED) is 0.812. The topological polar surface area (TPSA) is 55.1 Å². The third-order valence-corrected chi connectivity index (χ3v) is 2.96. The van der Waals surface area contributed by atoms with Gasteiger partial charge in [0.1, 0.15) is 0 Å². The van der Waals surface area contributed by atoms with Gasteiger partial charge in [0, 0.05) is 11.3 Å². The smallest absolute Gasteiger partial charge is 0.255 e. The van der Waals surface area contributed by atoms with Gasteiger partial charge in [0.15, 0.2) is 0 Å². The molecule has 0 aliphatic heterocycles. The van der Waals surface area contributed by atoms with Gasteiger partial charge in [-0.15, -0.1) is 0 Å². The fourth-order valence-electron chi connectivity index (χ4n) is 1.62. The highest BCUT2D eigenvalue weighted by atomic mass is 35.5. The van der Waals surface area contributed by atoms with E-state index in [2.05, 4.69) is 5.32 Å². The van der Waals surface area contributed by atoms with Crippen LogP contribution in [0.3, 0.4) is 0 Å². The zero-order valence-electron chi connectivity index (χ0n) is 9.91. The lowest BCUT2D eigenvalue weighted by Crippen LogP contribution is -2.12. The molecule has 0 aliphatic carbocycles. The molecule has 0 fully saturated rings. The minimum Gasteiger partial charge on any atom is -0.398 e. The number of nitrogen functional groups attached to an aromatic ring is 1. The number of carbonyl (C=O) groups excluding carboxylic acids is 1. The van der Waals surface area contributed by atoms with Crippen LogP contribution < -0.4 is 11.1 Å². The number of carbonyl (C=O) groups is 1. The van der Waals surface area contributed by atoms with Gasteiger partial charge >= 0.3 is 0 Å². The first-order valence-corrected chi connectivity index (χ1v) is 5.88. The Morgan fingerprint density at radius 3 is 2.56 bits per heavy atom. The molecule has 2 rings (SSSR count). The van der Waals surface area contributed by atoms with Crippen molar-refractivity contribution in [2.45, 2.75) is 6.92 Å². The number of anilines is 2. The minimum absolute atomic E-state index is 0.167. The van der Waals surface area contributed by atoms with Gasteiger partial charge in [0.05, 0.1) is 10.7 Å². The molecule has 18 heavy (non-hydrogen) atoms. The number of nitrogens with two attached hydrogens (primary N) is 1. The fraction of sp³-hybridized carbons (Fsp3) is 0.0714. The van der Waals surface area contributed by atoms with Crippen molar-refractivity contribution in [3.63, 3.8) is 0 Å². The Balaban J connectivity index is 2.25. The van der Waals surface area contributed by atoms with Crippen LogP contribution in [0.2, 0.25) is 5.02 Å². The van der Waals surface area contributed by atoms with E-state index in [0.717, 1.165) is 5.56 Å². The third-order valence-electron chi connectivity index (χ3n) is 2.63. The zero-order valence-corrected chi connectivity index (χ0v) is 10.7. The summed E-state index contributed by atoms with van der Waals surface area (Å²) in [5.41, 5.74) is 8.34. The molecule has 0 spiro atoms. The molecule has 2 aromatic rings. The van der Waals surface area contributed by atoms with Crippen LogP contribution in [0.15, 0.2) is 42.5 Å².